The Hall–Kier alpha value is -2.17. The molecule has 2 aromatic carbocycles. The van der Waals surface area contributed by atoms with Crippen LogP contribution in [0.3, 0.4) is 0 Å². The summed E-state index contributed by atoms with van der Waals surface area (Å²) >= 11 is 7.52. The summed E-state index contributed by atoms with van der Waals surface area (Å²) in [4.78, 5) is 16.8. The quantitative estimate of drug-likeness (QED) is 0.733. The molecule has 0 atom stereocenters. The third kappa shape index (κ3) is 3.18. The van der Waals surface area contributed by atoms with Gasteiger partial charge in [-0.3, -0.25) is 4.79 Å². The minimum atomic E-state index is -0.193. The minimum absolute atomic E-state index is 0.193. The number of thiazole rings is 1. The number of carbonyl (C=O) groups is 1. The van der Waals surface area contributed by atoms with Gasteiger partial charge >= 0.3 is 0 Å². The largest absolute Gasteiger partial charge is 0.321 e. The number of hydrogen-bond donors (Lipinski definition) is 1. The molecular weight excluding hydrogens is 316 g/mol. The lowest BCUT2D eigenvalue weighted by Gasteiger charge is -2.09. The molecule has 0 unspecified atom stereocenters. The number of aryl methyl sites for hydroxylation is 1. The van der Waals surface area contributed by atoms with Gasteiger partial charge in [0.15, 0.2) is 0 Å². The van der Waals surface area contributed by atoms with E-state index >= 15 is 0 Å². The van der Waals surface area contributed by atoms with Crippen molar-refractivity contribution in [3.63, 3.8) is 0 Å². The van der Waals surface area contributed by atoms with Gasteiger partial charge in [-0.05, 0) is 31.2 Å². The van der Waals surface area contributed by atoms with Crippen LogP contribution in [0.4, 0.5) is 5.69 Å². The number of para-hydroxylation sites is 1. The first-order valence-corrected chi connectivity index (χ1v) is 7.98. The molecule has 22 heavy (non-hydrogen) atoms. The number of halogens is 1. The third-order valence-corrected chi connectivity index (χ3v) is 4.17. The van der Waals surface area contributed by atoms with Crippen molar-refractivity contribution < 1.29 is 4.79 Å². The van der Waals surface area contributed by atoms with Crippen LogP contribution in [-0.2, 0) is 0 Å². The van der Waals surface area contributed by atoms with Crippen LogP contribution < -0.4 is 5.32 Å². The Bertz CT molecular complexity index is 829. The van der Waals surface area contributed by atoms with Gasteiger partial charge < -0.3 is 5.32 Å². The molecule has 5 heteroatoms. The maximum atomic E-state index is 12.4. The number of anilines is 1. The molecule has 1 amide bonds. The van der Waals surface area contributed by atoms with Crippen LogP contribution in [0.5, 0.6) is 0 Å². The van der Waals surface area contributed by atoms with E-state index in [2.05, 4.69) is 10.3 Å². The average molecular weight is 329 g/mol. The van der Waals surface area contributed by atoms with Crippen LogP contribution in [-0.4, -0.2) is 10.9 Å². The summed E-state index contributed by atoms with van der Waals surface area (Å²) in [6.45, 7) is 1.96. The van der Waals surface area contributed by atoms with Crippen LogP contribution in [0.25, 0.3) is 11.3 Å². The zero-order valence-corrected chi connectivity index (χ0v) is 13.4. The number of hydrogen-bond acceptors (Lipinski definition) is 3. The molecule has 0 saturated carbocycles. The third-order valence-electron chi connectivity index (χ3n) is 3.16. The number of carbonyl (C=O) groups excluding carboxylic acids is 1. The first-order chi connectivity index (χ1) is 10.6. The predicted molar refractivity (Wildman–Crippen MR) is 91.7 cm³/mol. The Morgan fingerprint density at radius 3 is 2.73 bits per heavy atom. The lowest BCUT2D eigenvalue weighted by atomic mass is 10.1. The summed E-state index contributed by atoms with van der Waals surface area (Å²) in [5.74, 6) is -0.193. The highest BCUT2D eigenvalue weighted by molar-refractivity contribution is 7.09. The van der Waals surface area contributed by atoms with E-state index in [9.17, 15) is 4.79 Å². The number of nitrogens with zero attached hydrogens (tertiary/aromatic N) is 1. The highest BCUT2D eigenvalue weighted by Gasteiger charge is 2.12. The first kappa shape index (κ1) is 14.8. The van der Waals surface area contributed by atoms with Crippen molar-refractivity contribution >= 4 is 34.5 Å². The lowest BCUT2D eigenvalue weighted by molar-refractivity contribution is 0.102. The van der Waals surface area contributed by atoms with E-state index in [-0.39, 0.29) is 5.91 Å². The second-order valence-corrected chi connectivity index (χ2v) is 6.26. The molecule has 0 aliphatic rings. The number of nitrogens with one attached hydrogen (secondary N) is 1. The molecule has 0 aliphatic heterocycles. The zero-order valence-electron chi connectivity index (χ0n) is 11.8. The molecule has 1 N–H and O–H groups in total. The van der Waals surface area contributed by atoms with E-state index < -0.39 is 0 Å². The van der Waals surface area contributed by atoms with E-state index in [4.69, 9.17) is 11.6 Å². The zero-order chi connectivity index (χ0) is 15.5. The number of rotatable bonds is 3. The van der Waals surface area contributed by atoms with Crippen molar-refractivity contribution in [2.45, 2.75) is 6.92 Å². The molecule has 110 valence electrons. The van der Waals surface area contributed by atoms with Gasteiger partial charge in [0.05, 0.1) is 16.4 Å². The summed E-state index contributed by atoms with van der Waals surface area (Å²) < 4.78 is 0. The molecule has 1 heterocycles. The molecular formula is C17H13ClN2OS. The van der Waals surface area contributed by atoms with Gasteiger partial charge in [-0.2, -0.15) is 0 Å². The Morgan fingerprint density at radius 1 is 1.18 bits per heavy atom. The molecule has 0 saturated heterocycles. The maximum Gasteiger partial charge on any atom is 0.255 e. The first-order valence-electron chi connectivity index (χ1n) is 6.72. The van der Waals surface area contributed by atoms with Gasteiger partial charge in [0.1, 0.15) is 0 Å². The van der Waals surface area contributed by atoms with Crippen LogP contribution in [0, 0.1) is 6.92 Å². The van der Waals surface area contributed by atoms with Crippen LogP contribution in [0.2, 0.25) is 5.02 Å². The van der Waals surface area contributed by atoms with Crippen molar-refractivity contribution in [3.8, 4) is 11.3 Å². The summed E-state index contributed by atoms with van der Waals surface area (Å²) in [5.41, 5.74) is 3.03. The van der Waals surface area contributed by atoms with Gasteiger partial charge in [0.25, 0.3) is 5.91 Å². The minimum Gasteiger partial charge on any atom is -0.321 e. The van der Waals surface area contributed by atoms with Crippen molar-refractivity contribution in [1.82, 2.24) is 4.98 Å². The second kappa shape index (κ2) is 6.30. The highest BCUT2D eigenvalue weighted by Crippen LogP contribution is 2.29. The fourth-order valence-electron chi connectivity index (χ4n) is 2.13. The van der Waals surface area contributed by atoms with Gasteiger partial charge in [-0.1, -0.05) is 35.9 Å². The van der Waals surface area contributed by atoms with E-state index in [0.717, 1.165) is 22.0 Å². The van der Waals surface area contributed by atoms with Crippen LogP contribution in [0.1, 0.15) is 15.4 Å². The van der Waals surface area contributed by atoms with Crippen molar-refractivity contribution in [3.05, 3.63) is 69.5 Å². The Labute approximate surface area is 137 Å². The molecule has 0 spiro atoms. The van der Waals surface area contributed by atoms with Gasteiger partial charge in [0, 0.05) is 21.5 Å². The molecule has 0 bridgehead atoms. The van der Waals surface area contributed by atoms with Gasteiger partial charge in [0.2, 0.25) is 0 Å². The molecule has 3 aromatic rings. The number of benzene rings is 2. The van der Waals surface area contributed by atoms with E-state index in [1.807, 2.05) is 36.6 Å². The molecule has 1 aromatic heterocycles. The Kier molecular flexibility index (Phi) is 4.22. The van der Waals surface area contributed by atoms with Crippen molar-refractivity contribution in [1.29, 1.82) is 0 Å². The molecule has 0 fully saturated rings. The van der Waals surface area contributed by atoms with Crippen LogP contribution in [0.15, 0.2) is 53.9 Å². The van der Waals surface area contributed by atoms with Crippen molar-refractivity contribution in [2.75, 3.05) is 5.32 Å². The molecule has 0 radical (unpaired) electrons. The standard InChI is InChI=1S/C17H13ClN2OS/c1-11-19-16(10-22-11)14-7-2-3-8-15(14)20-17(21)12-5-4-6-13(18)9-12/h2-10H,1H3,(H,20,21). The second-order valence-electron chi connectivity index (χ2n) is 4.76. The summed E-state index contributed by atoms with van der Waals surface area (Å²) in [6.07, 6.45) is 0. The lowest BCUT2D eigenvalue weighted by Crippen LogP contribution is -2.12. The van der Waals surface area contributed by atoms with Gasteiger partial charge in [-0.25, -0.2) is 4.98 Å². The van der Waals surface area contributed by atoms with E-state index in [1.165, 1.54) is 0 Å². The van der Waals surface area contributed by atoms with E-state index in [0.29, 0.717) is 10.6 Å². The SMILES string of the molecule is Cc1nc(-c2ccccc2NC(=O)c2cccc(Cl)c2)cs1. The highest BCUT2D eigenvalue weighted by atomic mass is 35.5. The monoisotopic (exact) mass is 328 g/mol. The van der Waals surface area contributed by atoms with Crippen LogP contribution >= 0.6 is 22.9 Å². The summed E-state index contributed by atoms with van der Waals surface area (Å²) in [5, 5.41) is 6.44. The molecule has 3 nitrogen and oxygen atoms in total. The van der Waals surface area contributed by atoms with Crippen molar-refractivity contribution in [2.24, 2.45) is 0 Å². The Balaban J connectivity index is 1.91. The topological polar surface area (TPSA) is 42.0 Å². The van der Waals surface area contributed by atoms with Gasteiger partial charge in [-0.15, -0.1) is 11.3 Å². The van der Waals surface area contributed by atoms with E-state index in [1.54, 1.807) is 35.6 Å². The number of amides is 1. The predicted octanol–water partition coefficient (Wildman–Crippen LogP) is 5.02. The smallest absolute Gasteiger partial charge is 0.255 e. The fourth-order valence-corrected chi connectivity index (χ4v) is 2.93. The average Bonchev–Trinajstić information content (AvgIpc) is 2.94. The summed E-state index contributed by atoms with van der Waals surface area (Å²) in [7, 11) is 0. The maximum absolute atomic E-state index is 12.4. The summed E-state index contributed by atoms with van der Waals surface area (Å²) in [6, 6.07) is 14.5. The number of aromatic nitrogens is 1. The molecule has 3 rings (SSSR count). The molecule has 0 aliphatic carbocycles. The normalized spacial score (nSPS) is 10.5. The fraction of sp³-hybridized carbons (Fsp3) is 0.0588. The Morgan fingerprint density at radius 2 is 2.00 bits per heavy atom.